The molecule has 0 radical (unpaired) electrons. The molecule has 2 aliphatic heterocycles. The second-order valence-corrected chi connectivity index (χ2v) is 16.6. The maximum absolute atomic E-state index is 13.5. The average Bonchev–Trinajstić information content (AvgIpc) is 3.81. The molecule has 5 aromatic rings. The van der Waals surface area contributed by atoms with E-state index in [0.29, 0.717) is 18.0 Å². The van der Waals surface area contributed by atoms with Gasteiger partial charge in [0, 0.05) is 24.8 Å². The molecule has 54 heavy (non-hydrogen) atoms. The summed E-state index contributed by atoms with van der Waals surface area (Å²) in [4.78, 5) is 28.9. The normalized spacial score (nSPS) is 19.3. The van der Waals surface area contributed by atoms with Crippen molar-refractivity contribution in [1.82, 2.24) is 14.2 Å². The number of sulfone groups is 1. The van der Waals surface area contributed by atoms with Gasteiger partial charge in [-0.25, -0.2) is 17.9 Å². The fraction of sp³-hybridized carbons (Fsp3) is 0.300. The molecule has 282 valence electrons. The lowest BCUT2D eigenvalue weighted by molar-refractivity contribution is -0.0365. The first-order valence-electron chi connectivity index (χ1n) is 17.7. The van der Waals surface area contributed by atoms with E-state index < -0.39 is 47.4 Å². The summed E-state index contributed by atoms with van der Waals surface area (Å²) in [6.45, 7) is 0.406. The fourth-order valence-electron chi connectivity index (χ4n) is 7.14. The number of benzene rings is 4. The molecule has 14 heteroatoms. The molecule has 2 aliphatic rings. The van der Waals surface area contributed by atoms with E-state index in [4.69, 9.17) is 23.3 Å². The Bertz CT molecular complexity index is 2160. The molecule has 0 aliphatic carbocycles. The van der Waals surface area contributed by atoms with Crippen molar-refractivity contribution in [3.8, 4) is 11.5 Å². The van der Waals surface area contributed by atoms with Crippen LogP contribution >= 0.6 is 8.53 Å². The van der Waals surface area contributed by atoms with E-state index in [-0.39, 0.29) is 29.8 Å². The van der Waals surface area contributed by atoms with Crippen LogP contribution in [0.2, 0.25) is 0 Å². The molecule has 4 atom stereocenters. The average molecular weight is 772 g/mol. The van der Waals surface area contributed by atoms with Crippen LogP contribution in [0.5, 0.6) is 11.5 Å². The van der Waals surface area contributed by atoms with Crippen molar-refractivity contribution in [2.45, 2.75) is 48.1 Å². The van der Waals surface area contributed by atoms with Crippen molar-refractivity contribution in [3.05, 3.63) is 159 Å². The molecule has 0 bridgehead atoms. The molecule has 7 rings (SSSR count). The highest BCUT2D eigenvalue weighted by Crippen LogP contribution is 2.57. The predicted octanol–water partition coefficient (Wildman–Crippen LogP) is 5.51. The van der Waals surface area contributed by atoms with E-state index >= 15 is 0 Å². The molecule has 0 spiro atoms. The third kappa shape index (κ3) is 7.79. The zero-order valence-corrected chi connectivity index (χ0v) is 31.7. The number of nitrogens with zero attached hydrogens (tertiary/aromatic N) is 2. The second-order valence-electron chi connectivity index (χ2n) is 13.1. The summed E-state index contributed by atoms with van der Waals surface area (Å²) in [6, 6.07) is 34.4. The molecule has 3 heterocycles. The SMILES string of the molecule is COc1ccc(C(OC[C@@H](Cn2c(=O)cc[nH]c2=O)O[P@@]2O[C@H](CS(=O)(=O)c3ccccc3)[C@@H]3CCCN32)(c2ccccc2)c2ccc(OC)cc2)cc1. The largest absolute Gasteiger partial charge is 0.497 e. The van der Waals surface area contributed by atoms with Crippen LogP contribution in [-0.2, 0) is 35.8 Å². The van der Waals surface area contributed by atoms with Crippen LogP contribution in [0, 0.1) is 0 Å². The van der Waals surface area contributed by atoms with Crippen LogP contribution in [0.1, 0.15) is 29.5 Å². The van der Waals surface area contributed by atoms with Gasteiger partial charge < -0.3 is 28.2 Å². The van der Waals surface area contributed by atoms with Crippen molar-refractivity contribution < 1.29 is 31.7 Å². The van der Waals surface area contributed by atoms with Gasteiger partial charge in [-0.2, -0.15) is 0 Å². The Balaban J connectivity index is 1.26. The fourth-order valence-corrected chi connectivity index (χ4v) is 10.7. The van der Waals surface area contributed by atoms with E-state index in [0.717, 1.165) is 34.1 Å². The van der Waals surface area contributed by atoms with Gasteiger partial charge in [0.25, 0.3) is 14.1 Å². The standard InChI is InChI=1S/C40H42N3O9PS/c1-48-32-19-15-30(16-20-32)40(29-10-5-3-6-11-29,31-17-21-33(49-2)22-18-31)50-27-34(26-42-38(44)23-24-41-39(42)45)51-53-43-25-9-14-36(43)37(52-53)28-54(46,47)35-12-7-4-8-13-35/h3-8,10-13,15-24,34,36-37H,9,14,25-28H2,1-2H3,(H,41,45)/t34-,36+,37-,53+/m1/s1. The highest BCUT2D eigenvalue weighted by atomic mass is 32.2. The monoisotopic (exact) mass is 771 g/mol. The first kappa shape index (κ1) is 37.7. The van der Waals surface area contributed by atoms with Crippen molar-refractivity contribution in [2.24, 2.45) is 0 Å². The zero-order valence-electron chi connectivity index (χ0n) is 29.9. The molecule has 2 saturated heterocycles. The number of H-pyrrole nitrogens is 1. The van der Waals surface area contributed by atoms with Gasteiger partial charge in [0.1, 0.15) is 23.2 Å². The molecular formula is C40H42N3O9PS. The Labute approximate surface area is 315 Å². The lowest BCUT2D eigenvalue weighted by Crippen LogP contribution is -2.42. The van der Waals surface area contributed by atoms with E-state index in [2.05, 4.69) is 9.65 Å². The number of nitrogens with one attached hydrogen (secondary N) is 1. The Morgan fingerprint density at radius 2 is 1.43 bits per heavy atom. The second kappa shape index (κ2) is 16.4. The number of hydrogen-bond acceptors (Lipinski definition) is 10. The molecule has 1 aromatic heterocycles. The van der Waals surface area contributed by atoms with Gasteiger partial charge in [-0.05, 0) is 65.9 Å². The number of rotatable bonds is 15. The van der Waals surface area contributed by atoms with Crippen molar-refractivity contribution in [2.75, 3.05) is 33.1 Å². The van der Waals surface area contributed by atoms with Crippen LogP contribution in [0.4, 0.5) is 0 Å². The number of aromatic nitrogens is 2. The van der Waals surface area contributed by atoms with Gasteiger partial charge >= 0.3 is 5.69 Å². The number of fused-ring (bicyclic) bond motifs is 1. The van der Waals surface area contributed by atoms with E-state index in [1.54, 1.807) is 44.6 Å². The van der Waals surface area contributed by atoms with Crippen LogP contribution < -0.4 is 20.7 Å². The predicted molar refractivity (Wildman–Crippen MR) is 204 cm³/mol. The minimum absolute atomic E-state index is 0.0958. The maximum atomic E-state index is 13.5. The van der Waals surface area contributed by atoms with E-state index in [1.807, 2.05) is 78.9 Å². The summed E-state index contributed by atoms with van der Waals surface area (Å²) >= 11 is 0. The maximum Gasteiger partial charge on any atom is 0.328 e. The Kier molecular flexibility index (Phi) is 11.4. The zero-order chi connectivity index (χ0) is 37.7. The quantitative estimate of drug-likeness (QED) is 0.107. The molecule has 2 fully saturated rings. The third-order valence-electron chi connectivity index (χ3n) is 9.85. The van der Waals surface area contributed by atoms with E-state index in [1.165, 1.54) is 12.3 Å². The molecular weight excluding hydrogens is 729 g/mol. The topological polar surface area (TPSA) is 138 Å². The minimum Gasteiger partial charge on any atom is -0.497 e. The molecule has 0 unspecified atom stereocenters. The van der Waals surface area contributed by atoms with Gasteiger partial charge in [-0.1, -0.05) is 72.8 Å². The number of aromatic amines is 1. The Hall–Kier alpha value is -4.62. The summed E-state index contributed by atoms with van der Waals surface area (Å²) in [7, 11) is -2.24. The third-order valence-corrected chi connectivity index (χ3v) is 13.5. The summed E-state index contributed by atoms with van der Waals surface area (Å²) in [5.74, 6) is 1.14. The van der Waals surface area contributed by atoms with Crippen LogP contribution in [-0.4, -0.2) is 74.0 Å². The van der Waals surface area contributed by atoms with Crippen LogP contribution in [0.25, 0.3) is 0 Å². The van der Waals surface area contributed by atoms with Gasteiger partial charge in [0.05, 0.1) is 44.1 Å². The summed E-state index contributed by atoms with van der Waals surface area (Å²) < 4.78 is 61.5. The number of methoxy groups -OCH3 is 2. The first-order valence-corrected chi connectivity index (χ1v) is 20.5. The van der Waals surface area contributed by atoms with Crippen LogP contribution in [0.3, 0.4) is 0 Å². The lowest BCUT2D eigenvalue weighted by Gasteiger charge is -2.37. The van der Waals surface area contributed by atoms with Gasteiger partial charge in [-0.3, -0.25) is 9.36 Å². The Morgan fingerprint density at radius 3 is 2.02 bits per heavy atom. The molecule has 0 saturated carbocycles. The van der Waals surface area contributed by atoms with Crippen molar-refractivity contribution in [1.29, 1.82) is 0 Å². The molecule has 4 aromatic carbocycles. The van der Waals surface area contributed by atoms with Crippen molar-refractivity contribution in [3.63, 3.8) is 0 Å². The van der Waals surface area contributed by atoms with Gasteiger partial charge in [-0.15, -0.1) is 0 Å². The summed E-state index contributed by atoms with van der Waals surface area (Å²) in [5, 5.41) is 0. The van der Waals surface area contributed by atoms with Gasteiger partial charge in [0.2, 0.25) is 0 Å². The summed E-state index contributed by atoms with van der Waals surface area (Å²) in [6.07, 6.45) is 1.39. The summed E-state index contributed by atoms with van der Waals surface area (Å²) in [5.41, 5.74) is 0.104. The van der Waals surface area contributed by atoms with Gasteiger partial charge in [0.15, 0.2) is 9.84 Å². The van der Waals surface area contributed by atoms with E-state index in [9.17, 15) is 18.0 Å². The molecule has 0 amide bonds. The van der Waals surface area contributed by atoms with Crippen LogP contribution in [0.15, 0.2) is 136 Å². The highest BCUT2D eigenvalue weighted by molar-refractivity contribution is 7.91. The lowest BCUT2D eigenvalue weighted by atomic mass is 9.80. The smallest absolute Gasteiger partial charge is 0.328 e. The minimum atomic E-state index is -3.66. The first-order chi connectivity index (χ1) is 26.2. The number of hydrogen-bond donors (Lipinski definition) is 1. The Morgan fingerprint density at radius 1 is 0.833 bits per heavy atom. The molecule has 1 N–H and O–H groups in total. The van der Waals surface area contributed by atoms with Crippen molar-refractivity contribution >= 4 is 18.4 Å². The molecule has 12 nitrogen and oxygen atoms in total. The highest BCUT2D eigenvalue weighted by Gasteiger charge is 2.49. The number of ether oxygens (including phenoxy) is 3.